The molecule has 1 saturated heterocycles. The third-order valence-electron chi connectivity index (χ3n) is 3.92. The van der Waals surface area contributed by atoms with Crippen LogP contribution in [0.3, 0.4) is 0 Å². The van der Waals surface area contributed by atoms with Crippen molar-refractivity contribution < 1.29 is 17.6 Å². The maximum atomic E-state index is 12.5. The van der Waals surface area contributed by atoms with Gasteiger partial charge in [0.2, 0.25) is 15.9 Å². The van der Waals surface area contributed by atoms with E-state index in [0.717, 1.165) is 12.8 Å². The zero-order chi connectivity index (χ0) is 16.6. The summed E-state index contributed by atoms with van der Waals surface area (Å²) in [5.74, 6) is -1.04. The molecule has 1 fully saturated rings. The molecule has 1 aromatic heterocycles. The summed E-state index contributed by atoms with van der Waals surface area (Å²) in [5, 5.41) is 2.43. The molecule has 0 radical (unpaired) electrons. The second kappa shape index (κ2) is 5.82. The smallest absolute Gasteiger partial charge is 0.408 e. The molecular formula is C14H17N3O5S. The monoisotopic (exact) mass is 339 g/mol. The summed E-state index contributed by atoms with van der Waals surface area (Å²) in [6.45, 7) is 0.824. The van der Waals surface area contributed by atoms with Gasteiger partial charge in [0.1, 0.15) is 6.54 Å². The van der Waals surface area contributed by atoms with Crippen molar-refractivity contribution in [3.8, 4) is 0 Å². The molecule has 1 aliphatic rings. The molecule has 1 aromatic carbocycles. The molecular weight excluding hydrogens is 322 g/mol. The lowest BCUT2D eigenvalue weighted by atomic mass is 10.3. The number of rotatable bonds is 4. The molecule has 23 heavy (non-hydrogen) atoms. The Labute approximate surface area is 132 Å². The van der Waals surface area contributed by atoms with Crippen molar-refractivity contribution in [3.63, 3.8) is 0 Å². The number of hydrogen-bond acceptors (Lipinski definition) is 5. The number of amides is 1. The number of carbonyl (C=O) groups is 1. The van der Waals surface area contributed by atoms with E-state index < -0.39 is 15.8 Å². The van der Waals surface area contributed by atoms with Crippen LogP contribution in [0.2, 0.25) is 0 Å². The highest BCUT2D eigenvalue weighted by Crippen LogP contribution is 2.24. The Bertz CT molecular complexity index is 906. The molecule has 0 aliphatic carbocycles. The van der Waals surface area contributed by atoms with Crippen molar-refractivity contribution in [1.29, 1.82) is 0 Å². The maximum Gasteiger partial charge on any atom is 0.420 e. The highest BCUT2D eigenvalue weighted by Gasteiger charge is 2.28. The van der Waals surface area contributed by atoms with E-state index in [2.05, 4.69) is 5.32 Å². The van der Waals surface area contributed by atoms with Crippen LogP contribution in [0.1, 0.15) is 12.8 Å². The second-order valence-electron chi connectivity index (χ2n) is 5.37. The number of aromatic nitrogens is 1. The van der Waals surface area contributed by atoms with Gasteiger partial charge >= 0.3 is 5.76 Å². The number of benzene rings is 1. The minimum atomic E-state index is -3.58. The first kappa shape index (κ1) is 15.8. The number of hydrogen-bond donors (Lipinski definition) is 1. The van der Waals surface area contributed by atoms with Crippen LogP contribution < -0.4 is 11.1 Å². The van der Waals surface area contributed by atoms with Gasteiger partial charge in [-0.2, -0.15) is 4.31 Å². The zero-order valence-corrected chi connectivity index (χ0v) is 13.4. The van der Waals surface area contributed by atoms with Gasteiger partial charge in [0.15, 0.2) is 5.58 Å². The van der Waals surface area contributed by atoms with Crippen LogP contribution in [-0.2, 0) is 21.4 Å². The number of nitrogens with zero attached hydrogens (tertiary/aromatic N) is 2. The standard InChI is InChI=1S/C14H17N3O5S/c1-15-13(18)9-17-11-5-4-10(8-12(11)22-14(17)19)23(20,21)16-6-2-3-7-16/h4-5,8H,2-3,6-7,9H2,1H3,(H,15,18). The first-order chi connectivity index (χ1) is 10.9. The van der Waals surface area contributed by atoms with Crippen molar-refractivity contribution in [3.05, 3.63) is 28.7 Å². The average molecular weight is 339 g/mol. The predicted octanol–water partition coefficient (Wildman–Crippen LogP) is 0.125. The van der Waals surface area contributed by atoms with Crippen LogP contribution in [0.25, 0.3) is 11.1 Å². The van der Waals surface area contributed by atoms with E-state index in [0.29, 0.717) is 18.6 Å². The van der Waals surface area contributed by atoms with Crippen molar-refractivity contribution in [2.24, 2.45) is 0 Å². The number of oxazole rings is 1. The fraction of sp³-hybridized carbons (Fsp3) is 0.429. The van der Waals surface area contributed by atoms with Gasteiger partial charge in [0, 0.05) is 26.2 Å². The Morgan fingerprint density at radius 3 is 2.65 bits per heavy atom. The Balaban J connectivity index is 2.03. The molecule has 8 nitrogen and oxygen atoms in total. The van der Waals surface area contributed by atoms with Crippen molar-refractivity contribution in [1.82, 2.24) is 14.2 Å². The normalized spacial score (nSPS) is 16.0. The Hall–Kier alpha value is -2.13. The van der Waals surface area contributed by atoms with Crippen molar-refractivity contribution in [2.75, 3.05) is 20.1 Å². The van der Waals surface area contributed by atoms with Gasteiger partial charge in [-0.1, -0.05) is 0 Å². The average Bonchev–Trinajstić information content (AvgIpc) is 3.16. The number of likely N-dealkylation sites (N-methyl/N-ethyl adjacent to an activating group) is 1. The summed E-state index contributed by atoms with van der Waals surface area (Å²) < 4.78 is 32.7. The number of fused-ring (bicyclic) bond motifs is 1. The Kier molecular flexibility index (Phi) is 3.99. The van der Waals surface area contributed by atoms with Crippen molar-refractivity contribution >= 4 is 27.0 Å². The van der Waals surface area contributed by atoms with Gasteiger partial charge in [0.25, 0.3) is 0 Å². The fourth-order valence-corrected chi connectivity index (χ4v) is 4.19. The number of carbonyl (C=O) groups excluding carboxylic acids is 1. The van der Waals surface area contributed by atoms with Crippen LogP contribution in [0, 0.1) is 0 Å². The van der Waals surface area contributed by atoms with E-state index in [9.17, 15) is 18.0 Å². The highest BCUT2D eigenvalue weighted by atomic mass is 32.2. The molecule has 1 amide bonds. The van der Waals surface area contributed by atoms with Gasteiger partial charge < -0.3 is 9.73 Å². The summed E-state index contributed by atoms with van der Waals surface area (Å²) >= 11 is 0. The van der Waals surface area contributed by atoms with E-state index in [-0.39, 0.29) is 22.9 Å². The predicted molar refractivity (Wildman–Crippen MR) is 82.5 cm³/mol. The molecule has 0 atom stereocenters. The summed E-state index contributed by atoms with van der Waals surface area (Å²) in [6, 6.07) is 4.27. The largest absolute Gasteiger partial charge is 0.420 e. The molecule has 0 unspecified atom stereocenters. The summed E-state index contributed by atoms with van der Waals surface area (Å²) in [4.78, 5) is 23.4. The molecule has 0 saturated carbocycles. The van der Waals surface area contributed by atoms with E-state index in [4.69, 9.17) is 4.42 Å². The van der Waals surface area contributed by atoms with Gasteiger partial charge in [-0.15, -0.1) is 0 Å². The molecule has 3 rings (SSSR count). The quantitative estimate of drug-likeness (QED) is 0.853. The molecule has 2 heterocycles. The topological polar surface area (TPSA) is 102 Å². The molecule has 0 spiro atoms. The Morgan fingerprint density at radius 1 is 1.30 bits per heavy atom. The summed E-state index contributed by atoms with van der Waals surface area (Å²) in [7, 11) is -2.11. The van der Waals surface area contributed by atoms with E-state index >= 15 is 0 Å². The fourth-order valence-electron chi connectivity index (χ4n) is 2.66. The molecule has 0 bridgehead atoms. The summed E-state index contributed by atoms with van der Waals surface area (Å²) in [5.41, 5.74) is 0.540. The van der Waals surface area contributed by atoms with E-state index in [1.807, 2.05) is 0 Å². The van der Waals surface area contributed by atoms with Crippen molar-refractivity contribution in [2.45, 2.75) is 24.3 Å². The molecule has 124 valence electrons. The van der Waals surface area contributed by atoms with E-state index in [1.165, 1.54) is 34.1 Å². The lowest BCUT2D eigenvalue weighted by molar-refractivity contribution is -0.121. The van der Waals surface area contributed by atoms with Crippen LogP contribution >= 0.6 is 0 Å². The SMILES string of the molecule is CNC(=O)Cn1c(=O)oc2cc(S(=O)(=O)N3CCCC3)ccc21. The number of sulfonamides is 1. The molecule has 1 aliphatic heterocycles. The van der Waals surface area contributed by atoms with Crippen LogP contribution in [-0.4, -0.2) is 43.3 Å². The Morgan fingerprint density at radius 2 is 2.00 bits per heavy atom. The third kappa shape index (κ3) is 2.77. The van der Waals surface area contributed by atoms with Gasteiger partial charge in [-0.25, -0.2) is 13.2 Å². The third-order valence-corrected chi connectivity index (χ3v) is 5.82. The zero-order valence-electron chi connectivity index (χ0n) is 12.6. The second-order valence-corrected chi connectivity index (χ2v) is 7.31. The molecule has 9 heteroatoms. The summed E-state index contributed by atoms with van der Waals surface area (Å²) in [6.07, 6.45) is 1.69. The van der Waals surface area contributed by atoms with Gasteiger partial charge in [-0.05, 0) is 25.0 Å². The van der Waals surface area contributed by atoms with Crippen LogP contribution in [0.4, 0.5) is 0 Å². The maximum absolute atomic E-state index is 12.5. The number of nitrogens with one attached hydrogen (secondary N) is 1. The molecule has 2 aromatic rings. The highest BCUT2D eigenvalue weighted by molar-refractivity contribution is 7.89. The van der Waals surface area contributed by atoms with Gasteiger partial charge in [-0.3, -0.25) is 9.36 Å². The lowest BCUT2D eigenvalue weighted by Gasteiger charge is -2.15. The molecule has 1 N–H and O–H groups in total. The van der Waals surface area contributed by atoms with Gasteiger partial charge in [0.05, 0.1) is 10.4 Å². The minimum Gasteiger partial charge on any atom is -0.408 e. The lowest BCUT2D eigenvalue weighted by Crippen LogP contribution is -2.28. The first-order valence-corrected chi connectivity index (χ1v) is 8.71. The van der Waals surface area contributed by atoms with Crippen LogP contribution in [0.15, 0.2) is 32.3 Å². The minimum absolute atomic E-state index is 0.0905. The van der Waals surface area contributed by atoms with Crippen LogP contribution in [0.5, 0.6) is 0 Å². The first-order valence-electron chi connectivity index (χ1n) is 7.27. The van der Waals surface area contributed by atoms with E-state index in [1.54, 1.807) is 0 Å².